The van der Waals surface area contributed by atoms with Crippen molar-refractivity contribution in [2.75, 3.05) is 0 Å². The van der Waals surface area contributed by atoms with Gasteiger partial charge in [0.25, 0.3) is 0 Å². The van der Waals surface area contributed by atoms with Gasteiger partial charge < -0.3 is 0 Å². The molecule has 0 heterocycles. The second-order valence-electron chi connectivity index (χ2n) is 1.80. The zero-order valence-corrected chi connectivity index (χ0v) is 15.9. The van der Waals surface area contributed by atoms with Gasteiger partial charge in [-0.05, 0) is 0 Å². The molecule has 0 fully saturated rings. The molecule has 15 heavy (non-hydrogen) atoms. The first-order chi connectivity index (χ1) is 5.97. The molecule has 0 amide bonds. The third kappa shape index (κ3) is 1.98. The molecule has 0 rings (SSSR count). The average molecular weight is 626 g/mol. The van der Waals surface area contributed by atoms with E-state index in [0.717, 1.165) is 29.8 Å². The summed E-state index contributed by atoms with van der Waals surface area (Å²) in [6, 6.07) is 0. The van der Waals surface area contributed by atoms with Gasteiger partial charge in [0.1, 0.15) is 0 Å². The van der Waals surface area contributed by atoms with Crippen LogP contribution in [-0.4, -0.2) is 54.6 Å². The SMILES string of the molecule is N#[C][Fe-4]([C]#N)([C]#N)([C]#N)([C]#N)[C]#N.[Pb+2].[Pb+2]. The first-order valence-electron chi connectivity index (χ1n) is 2.40. The summed E-state index contributed by atoms with van der Waals surface area (Å²) in [7, 11) is -6.17. The summed E-state index contributed by atoms with van der Waals surface area (Å²) < 4.78 is 0. The Kier molecular flexibility index (Phi) is 6.45. The van der Waals surface area contributed by atoms with Crippen LogP contribution in [0, 0.1) is 61.4 Å². The Morgan fingerprint density at radius 3 is 0.600 bits per heavy atom. The normalized spacial score (nSPS) is 11.6. The zero-order valence-electron chi connectivity index (χ0n) is 7.04. The van der Waals surface area contributed by atoms with Crippen molar-refractivity contribution in [3.8, 4) is 29.8 Å². The summed E-state index contributed by atoms with van der Waals surface area (Å²) in [6.07, 6.45) is 0. The van der Waals surface area contributed by atoms with Gasteiger partial charge in [-0.25, -0.2) is 0 Å². The van der Waals surface area contributed by atoms with Crippen molar-refractivity contribution in [3.63, 3.8) is 0 Å². The molecule has 0 aromatic carbocycles. The Morgan fingerprint density at radius 2 is 0.600 bits per heavy atom. The van der Waals surface area contributed by atoms with Crippen molar-refractivity contribution in [2.45, 2.75) is 0 Å². The predicted molar refractivity (Wildman–Crippen MR) is 45.2 cm³/mol. The molecule has 0 saturated carbocycles. The molecule has 0 N–H and O–H groups in total. The van der Waals surface area contributed by atoms with E-state index in [4.69, 9.17) is 31.6 Å². The van der Waals surface area contributed by atoms with Gasteiger partial charge in [0.05, 0.1) is 0 Å². The van der Waals surface area contributed by atoms with E-state index in [1.165, 1.54) is 0 Å². The smallest absolute Gasteiger partial charge is 2.00 e. The molecule has 9 heteroatoms. The van der Waals surface area contributed by atoms with Crippen LogP contribution in [0.5, 0.6) is 0 Å². The number of rotatable bonds is 0. The first kappa shape index (κ1) is 19.8. The quantitative estimate of drug-likeness (QED) is 0.327. The molecule has 0 aromatic heterocycles. The zero-order chi connectivity index (χ0) is 10.7. The van der Waals surface area contributed by atoms with E-state index < -0.39 is 10.7 Å². The summed E-state index contributed by atoms with van der Waals surface area (Å²) in [4.78, 5) is 6.19. The molecular formula is C6FeN6Pb2. The van der Waals surface area contributed by atoms with Crippen LogP contribution in [0.15, 0.2) is 0 Å². The van der Waals surface area contributed by atoms with Crippen LogP contribution in [0.1, 0.15) is 0 Å². The minimum atomic E-state index is -6.17. The van der Waals surface area contributed by atoms with Crippen molar-refractivity contribution in [2.24, 2.45) is 0 Å². The van der Waals surface area contributed by atoms with E-state index in [1.807, 2.05) is 0 Å². The molecule has 0 aliphatic heterocycles. The molecule has 70 valence electrons. The van der Waals surface area contributed by atoms with E-state index in [-0.39, 0.29) is 54.6 Å². The molecule has 0 spiro atoms. The molecule has 0 bridgehead atoms. The van der Waals surface area contributed by atoms with Crippen LogP contribution < -0.4 is 0 Å². The van der Waals surface area contributed by atoms with E-state index in [2.05, 4.69) is 0 Å². The predicted octanol–water partition coefficient (Wildman–Crippen LogP) is -0.663. The van der Waals surface area contributed by atoms with Crippen molar-refractivity contribution in [1.82, 2.24) is 0 Å². The Bertz CT molecular complexity index is 395. The molecule has 0 atom stereocenters. The topological polar surface area (TPSA) is 143 Å². The van der Waals surface area contributed by atoms with Crippen molar-refractivity contribution in [1.29, 1.82) is 31.6 Å². The summed E-state index contributed by atoms with van der Waals surface area (Å²) in [5.41, 5.74) is 0. The van der Waals surface area contributed by atoms with Gasteiger partial charge in [0.15, 0.2) is 0 Å². The number of hydrogen-bond donors (Lipinski definition) is 0. The maximum absolute atomic E-state index is 8.58. The number of nitriles is 6. The summed E-state index contributed by atoms with van der Waals surface area (Å²) in [6.45, 7) is 0. The minimum absolute atomic E-state index is 0. The third-order valence-corrected chi connectivity index (χ3v) is 4.89. The third-order valence-electron chi connectivity index (χ3n) is 1.19. The van der Waals surface area contributed by atoms with Crippen LogP contribution >= 0.6 is 0 Å². The van der Waals surface area contributed by atoms with Gasteiger partial charge in [0.2, 0.25) is 0 Å². The van der Waals surface area contributed by atoms with Crippen LogP contribution in [-0.2, 0) is 10.7 Å². The summed E-state index contributed by atoms with van der Waals surface area (Å²) in [5, 5.41) is 51.5. The molecule has 0 aromatic rings. The molecule has 0 saturated heterocycles. The van der Waals surface area contributed by atoms with E-state index in [9.17, 15) is 0 Å². The van der Waals surface area contributed by atoms with E-state index in [0.29, 0.717) is 0 Å². The average Bonchev–Trinajstić information content (AvgIpc) is 2.26. The molecule has 0 aliphatic carbocycles. The van der Waals surface area contributed by atoms with Crippen LogP contribution in [0.25, 0.3) is 0 Å². The van der Waals surface area contributed by atoms with Crippen molar-refractivity contribution < 1.29 is 10.7 Å². The van der Waals surface area contributed by atoms with Gasteiger partial charge in [-0.1, -0.05) is 0 Å². The Balaban J connectivity index is -0.000000720. The molecular weight excluding hydrogens is 626 g/mol. The number of hydrogen-bond acceptors (Lipinski definition) is 6. The fourth-order valence-corrected chi connectivity index (χ4v) is 1.09. The fraction of sp³-hybridized carbons (Fsp3) is 0. The Morgan fingerprint density at radius 1 is 0.467 bits per heavy atom. The molecule has 4 radical (unpaired) electrons. The first-order valence-corrected chi connectivity index (χ1v) is 5.71. The minimum Gasteiger partial charge on any atom is 2.00 e. The van der Waals surface area contributed by atoms with Gasteiger partial charge in [-0.3, -0.25) is 0 Å². The Labute approximate surface area is 125 Å². The van der Waals surface area contributed by atoms with E-state index in [1.54, 1.807) is 0 Å². The van der Waals surface area contributed by atoms with Gasteiger partial charge >= 0.3 is 127 Å². The monoisotopic (exact) mass is 628 g/mol. The second kappa shape index (κ2) is 4.89. The number of nitrogens with zero attached hydrogens (tertiary/aromatic N) is 6. The van der Waals surface area contributed by atoms with Gasteiger partial charge in [-0.2, -0.15) is 0 Å². The fourth-order valence-electron chi connectivity index (χ4n) is 0.265. The molecule has 6 nitrogen and oxygen atoms in total. The van der Waals surface area contributed by atoms with Crippen LogP contribution in [0.2, 0.25) is 0 Å². The maximum Gasteiger partial charge on any atom is 2.00 e. The van der Waals surface area contributed by atoms with Crippen molar-refractivity contribution >= 4 is 54.6 Å². The van der Waals surface area contributed by atoms with Crippen LogP contribution in [0.3, 0.4) is 0 Å². The summed E-state index contributed by atoms with van der Waals surface area (Å²) in [5.74, 6) is 0. The maximum atomic E-state index is 8.58. The van der Waals surface area contributed by atoms with Crippen molar-refractivity contribution in [3.05, 3.63) is 0 Å². The molecule has 0 aliphatic rings. The molecule has 0 unspecified atom stereocenters. The van der Waals surface area contributed by atoms with Gasteiger partial charge in [0, 0.05) is 0 Å². The van der Waals surface area contributed by atoms with Crippen LogP contribution in [0.4, 0.5) is 0 Å². The summed E-state index contributed by atoms with van der Waals surface area (Å²) >= 11 is 0. The van der Waals surface area contributed by atoms with Gasteiger partial charge in [-0.15, -0.1) is 0 Å². The van der Waals surface area contributed by atoms with E-state index >= 15 is 0 Å². The standard InChI is InChI=1S/6CN.Fe.2Pb/c6*1-2;;;/q;;;;;;-4;2*+2. The largest absolute Gasteiger partial charge is 2.00 e. The second-order valence-corrected chi connectivity index (χ2v) is 7.42. The Hall–Kier alpha value is -0.696.